The Morgan fingerprint density at radius 2 is 2.00 bits per heavy atom. The van der Waals surface area contributed by atoms with Crippen LogP contribution in [0.2, 0.25) is 0 Å². The molecule has 0 saturated heterocycles. The fourth-order valence-electron chi connectivity index (χ4n) is 5.19. The summed E-state index contributed by atoms with van der Waals surface area (Å²) in [5, 5.41) is 0. The van der Waals surface area contributed by atoms with Gasteiger partial charge in [0.05, 0.1) is 0 Å². The van der Waals surface area contributed by atoms with Gasteiger partial charge in [0.25, 0.3) is 0 Å². The SMILES string of the molecule is CC1=[C]C[C@@]23C[C@@H]1C(C)(C)[C@@H]2CC[C@H]3C. The van der Waals surface area contributed by atoms with Gasteiger partial charge in [-0.15, -0.1) is 0 Å². The second-order valence-electron chi connectivity index (χ2n) is 6.88. The molecule has 3 aliphatic rings. The topological polar surface area (TPSA) is 0 Å². The molecule has 0 aromatic rings. The van der Waals surface area contributed by atoms with Crippen molar-refractivity contribution in [2.75, 3.05) is 0 Å². The molecule has 0 aliphatic heterocycles. The number of allylic oxidation sites excluding steroid dienone is 2. The molecule has 0 amide bonds. The van der Waals surface area contributed by atoms with Gasteiger partial charge in [-0.05, 0) is 67.3 Å². The molecule has 3 rings (SSSR count). The third-order valence-corrected chi connectivity index (χ3v) is 6.16. The summed E-state index contributed by atoms with van der Waals surface area (Å²) in [5.41, 5.74) is 2.75. The highest BCUT2D eigenvalue weighted by atomic mass is 14.7. The zero-order chi connectivity index (χ0) is 10.8. The van der Waals surface area contributed by atoms with Gasteiger partial charge in [-0.25, -0.2) is 0 Å². The second-order valence-corrected chi connectivity index (χ2v) is 6.88. The van der Waals surface area contributed by atoms with Crippen LogP contribution >= 0.6 is 0 Å². The van der Waals surface area contributed by atoms with E-state index in [0.29, 0.717) is 10.8 Å². The lowest BCUT2D eigenvalue weighted by Crippen LogP contribution is -2.30. The summed E-state index contributed by atoms with van der Waals surface area (Å²) in [7, 11) is 0. The van der Waals surface area contributed by atoms with Gasteiger partial charge in [-0.1, -0.05) is 26.3 Å². The van der Waals surface area contributed by atoms with Gasteiger partial charge in [-0.3, -0.25) is 0 Å². The van der Waals surface area contributed by atoms with E-state index in [0.717, 1.165) is 17.8 Å². The third-order valence-electron chi connectivity index (χ3n) is 6.16. The van der Waals surface area contributed by atoms with Crippen LogP contribution in [0, 0.1) is 34.7 Å². The molecule has 2 fully saturated rings. The predicted octanol–water partition coefficient (Wildman–Crippen LogP) is 4.22. The summed E-state index contributed by atoms with van der Waals surface area (Å²) < 4.78 is 0. The van der Waals surface area contributed by atoms with Crippen molar-refractivity contribution in [1.82, 2.24) is 0 Å². The fraction of sp³-hybridized carbons (Fsp3) is 0.867. The minimum absolute atomic E-state index is 0.540. The second kappa shape index (κ2) is 2.70. The lowest BCUT2D eigenvalue weighted by Gasteiger charge is -2.36. The van der Waals surface area contributed by atoms with Crippen LogP contribution in [0.25, 0.3) is 0 Å². The minimum Gasteiger partial charge on any atom is -0.0662 e. The van der Waals surface area contributed by atoms with Crippen LogP contribution in [-0.2, 0) is 0 Å². The Morgan fingerprint density at radius 1 is 1.27 bits per heavy atom. The average molecular weight is 203 g/mol. The van der Waals surface area contributed by atoms with E-state index >= 15 is 0 Å². The molecule has 0 heterocycles. The highest BCUT2D eigenvalue weighted by Gasteiger charge is 2.63. The van der Waals surface area contributed by atoms with Crippen LogP contribution in [0.3, 0.4) is 0 Å². The van der Waals surface area contributed by atoms with Crippen LogP contribution in [0.4, 0.5) is 0 Å². The number of hydrogen-bond donors (Lipinski definition) is 0. The van der Waals surface area contributed by atoms with Gasteiger partial charge in [0.1, 0.15) is 0 Å². The molecule has 2 bridgehead atoms. The summed E-state index contributed by atoms with van der Waals surface area (Å²) in [4.78, 5) is 0. The van der Waals surface area contributed by atoms with Gasteiger partial charge in [0, 0.05) is 0 Å². The van der Waals surface area contributed by atoms with E-state index in [1.807, 2.05) is 0 Å². The molecule has 1 radical (unpaired) electrons. The Hall–Kier alpha value is -0.260. The minimum atomic E-state index is 0.540. The van der Waals surface area contributed by atoms with E-state index in [9.17, 15) is 0 Å². The van der Waals surface area contributed by atoms with Crippen LogP contribution in [0.5, 0.6) is 0 Å². The smallest absolute Gasteiger partial charge is 0.0140 e. The first-order valence-corrected chi connectivity index (χ1v) is 6.56. The van der Waals surface area contributed by atoms with Crippen LogP contribution < -0.4 is 0 Å². The van der Waals surface area contributed by atoms with Crippen molar-refractivity contribution < 1.29 is 0 Å². The molecule has 0 aromatic carbocycles. The Morgan fingerprint density at radius 3 is 2.73 bits per heavy atom. The van der Waals surface area contributed by atoms with Crippen LogP contribution in [0.15, 0.2) is 5.57 Å². The highest BCUT2D eigenvalue weighted by Crippen LogP contribution is 2.70. The summed E-state index contributed by atoms with van der Waals surface area (Å²) in [6.45, 7) is 9.82. The molecule has 83 valence electrons. The first-order valence-electron chi connectivity index (χ1n) is 6.56. The van der Waals surface area contributed by atoms with Crippen molar-refractivity contribution >= 4 is 0 Å². The number of rotatable bonds is 0. The summed E-state index contributed by atoms with van der Waals surface area (Å²) >= 11 is 0. The monoisotopic (exact) mass is 203 g/mol. The van der Waals surface area contributed by atoms with Crippen molar-refractivity contribution in [3.05, 3.63) is 11.6 Å². The molecule has 0 nitrogen and oxygen atoms in total. The normalized spacial score (nSPS) is 51.5. The third kappa shape index (κ3) is 0.990. The lowest BCUT2D eigenvalue weighted by atomic mass is 9.68. The maximum Gasteiger partial charge on any atom is -0.0140 e. The van der Waals surface area contributed by atoms with Gasteiger partial charge in [0.2, 0.25) is 0 Å². The van der Waals surface area contributed by atoms with Gasteiger partial charge in [0.15, 0.2) is 0 Å². The van der Waals surface area contributed by atoms with E-state index in [2.05, 4.69) is 33.8 Å². The quantitative estimate of drug-likeness (QED) is 0.553. The van der Waals surface area contributed by atoms with E-state index in [1.165, 1.54) is 25.7 Å². The van der Waals surface area contributed by atoms with Crippen LogP contribution in [-0.4, -0.2) is 0 Å². The maximum absolute atomic E-state index is 3.71. The van der Waals surface area contributed by atoms with E-state index < -0.39 is 0 Å². The Balaban J connectivity index is 2.11. The van der Waals surface area contributed by atoms with Crippen molar-refractivity contribution in [3.63, 3.8) is 0 Å². The standard InChI is InChI=1S/C15H23/c1-10-7-8-15-9-12(10)14(3,4)13(15)6-5-11(15)2/h11-13H,5-6,8-9H2,1-4H3/t11-,12+,13+,15+/m1/s1. The zero-order valence-electron chi connectivity index (χ0n) is 10.6. The van der Waals surface area contributed by atoms with Crippen molar-refractivity contribution in [3.8, 4) is 0 Å². The average Bonchev–Trinajstić information content (AvgIpc) is 2.57. The number of fused-ring (bicyclic) bond motifs is 1. The molecule has 0 N–H and O–H groups in total. The highest BCUT2D eigenvalue weighted by molar-refractivity contribution is 5.23. The van der Waals surface area contributed by atoms with Gasteiger partial charge >= 0.3 is 0 Å². The van der Waals surface area contributed by atoms with Crippen molar-refractivity contribution in [2.45, 2.75) is 53.4 Å². The Kier molecular flexibility index (Phi) is 1.79. The van der Waals surface area contributed by atoms with E-state index in [4.69, 9.17) is 0 Å². The molecule has 4 atom stereocenters. The van der Waals surface area contributed by atoms with Gasteiger partial charge in [-0.2, -0.15) is 0 Å². The summed E-state index contributed by atoms with van der Waals surface area (Å²) in [6.07, 6.45) is 9.36. The van der Waals surface area contributed by atoms with Crippen LogP contribution in [0.1, 0.15) is 53.4 Å². The zero-order valence-corrected chi connectivity index (χ0v) is 10.6. The molecule has 1 spiro atoms. The molecule has 0 aromatic heterocycles. The first kappa shape index (κ1) is 9.93. The summed E-state index contributed by atoms with van der Waals surface area (Å²) in [6, 6.07) is 0. The lowest BCUT2D eigenvalue weighted by molar-refractivity contribution is 0.126. The van der Waals surface area contributed by atoms with E-state index in [1.54, 1.807) is 5.57 Å². The first-order chi connectivity index (χ1) is 6.98. The molecule has 0 unspecified atom stereocenters. The largest absolute Gasteiger partial charge is 0.0662 e. The molecule has 2 saturated carbocycles. The Labute approximate surface area is 94.1 Å². The molecular weight excluding hydrogens is 180 g/mol. The van der Waals surface area contributed by atoms with Crippen molar-refractivity contribution in [2.24, 2.45) is 28.6 Å². The molecule has 0 heteroatoms. The van der Waals surface area contributed by atoms with Crippen molar-refractivity contribution in [1.29, 1.82) is 0 Å². The predicted molar refractivity (Wildman–Crippen MR) is 63.3 cm³/mol. The summed E-state index contributed by atoms with van der Waals surface area (Å²) in [5.74, 6) is 2.74. The Bertz CT molecular complexity index is 323. The molecule has 15 heavy (non-hydrogen) atoms. The maximum atomic E-state index is 3.71. The fourth-order valence-corrected chi connectivity index (χ4v) is 5.19. The molecule has 3 aliphatic carbocycles. The molecular formula is C15H23. The number of hydrogen-bond acceptors (Lipinski definition) is 0. The van der Waals surface area contributed by atoms with Gasteiger partial charge < -0.3 is 0 Å². The van der Waals surface area contributed by atoms with E-state index in [-0.39, 0.29) is 0 Å².